The number of carbonyl (C=O) groups excluding carboxylic acids is 1. The summed E-state index contributed by atoms with van der Waals surface area (Å²) >= 11 is 0. The van der Waals surface area contributed by atoms with Crippen molar-refractivity contribution in [2.75, 3.05) is 6.54 Å². The van der Waals surface area contributed by atoms with Crippen LogP contribution in [0.4, 0.5) is 0 Å². The zero-order valence-electron chi connectivity index (χ0n) is 16.7. The average Bonchev–Trinajstić information content (AvgIpc) is 2.87. The minimum Gasteiger partial charge on any atom is -0.325 e. The van der Waals surface area contributed by atoms with Crippen LogP contribution in [0.15, 0.2) is 30.3 Å². The Labute approximate surface area is 153 Å². The van der Waals surface area contributed by atoms with Gasteiger partial charge in [0.2, 0.25) is 5.91 Å². The van der Waals surface area contributed by atoms with Gasteiger partial charge in [-0.25, -0.2) is 0 Å². The van der Waals surface area contributed by atoms with Gasteiger partial charge >= 0.3 is 0 Å². The van der Waals surface area contributed by atoms with E-state index in [-0.39, 0.29) is 23.5 Å². The molecule has 138 valence electrons. The average molecular weight is 343 g/mol. The third-order valence-electron chi connectivity index (χ3n) is 5.09. The number of unbranched alkanes of at least 4 members (excludes halogenated alkanes) is 1. The number of hydrogen-bond donors (Lipinski definition) is 1. The highest BCUT2D eigenvalue weighted by Gasteiger charge is 2.43. The van der Waals surface area contributed by atoms with E-state index < -0.39 is 0 Å². The molecule has 0 spiro atoms. The van der Waals surface area contributed by atoms with Crippen LogP contribution in [0.1, 0.15) is 65.0 Å². The quantitative estimate of drug-likeness (QED) is 0.808. The van der Waals surface area contributed by atoms with Gasteiger partial charge in [0.25, 0.3) is 0 Å². The molecule has 1 aromatic rings. The van der Waals surface area contributed by atoms with E-state index in [1.165, 1.54) is 16.7 Å². The highest BCUT2D eigenvalue weighted by Crippen LogP contribution is 2.32. The van der Waals surface area contributed by atoms with Crippen molar-refractivity contribution in [2.24, 2.45) is 5.41 Å². The monoisotopic (exact) mass is 342 g/mol. The Morgan fingerprint density at radius 1 is 1.28 bits per heavy atom. The van der Waals surface area contributed by atoms with Gasteiger partial charge in [-0.2, -0.15) is 0 Å². The molecular formula is C22H34N2O. The molecule has 2 atom stereocenters. The predicted molar refractivity (Wildman–Crippen MR) is 106 cm³/mol. The summed E-state index contributed by atoms with van der Waals surface area (Å²) in [4.78, 5) is 15.1. The highest BCUT2D eigenvalue weighted by molar-refractivity contribution is 5.87. The van der Waals surface area contributed by atoms with Gasteiger partial charge < -0.3 is 4.90 Å². The van der Waals surface area contributed by atoms with Crippen molar-refractivity contribution in [1.29, 1.82) is 0 Å². The van der Waals surface area contributed by atoms with Gasteiger partial charge in [-0.15, -0.1) is 0 Å². The van der Waals surface area contributed by atoms with E-state index in [1.54, 1.807) is 0 Å². The van der Waals surface area contributed by atoms with Gasteiger partial charge in [0, 0.05) is 6.54 Å². The van der Waals surface area contributed by atoms with Crippen LogP contribution in [0.5, 0.6) is 0 Å². The summed E-state index contributed by atoms with van der Waals surface area (Å²) in [5, 5.41) is 3.63. The summed E-state index contributed by atoms with van der Waals surface area (Å²) in [7, 11) is 0. The number of rotatable bonds is 6. The summed E-state index contributed by atoms with van der Waals surface area (Å²) in [6.07, 6.45) is 5.16. The maximum absolute atomic E-state index is 13.1. The first-order valence-electron chi connectivity index (χ1n) is 9.57. The number of nitrogens with one attached hydrogen (secondary N) is 1. The van der Waals surface area contributed by atoms with Crippen molar-refractivity contribution in [2.45, 2.75) is 73.0 Å². The van der Waals surface area contributed by atoms with Crippen LogP contribution < -0.4 is 5.32 Å². The second-order valence-corrected chi connectivity index (χ2v) is 8.21. The second-order valence-electron chi connectivity index (χ2n) is 8.21. The standard InChI is InChI=1S/C22H34N2O/c1-7-9-14-24-20(25)19(23-21(24)22(4,5)6)15-17(8-2)18-13-11-10-12-16(18)3/h8,10-13,19,21,23H,7,9,14-15H2,1-6H3/b17-8-/t19-,21?/m1/s1. The summed E-state index contributed by atoms with van der Waals surface area (Å²) in [5.41, 5.74) is 3.78. The number of amides is 1. The van der Waals surface area contributed by atoms with E-state index in [4.69, 9.17) is 0 Å². The molecule has 1 aromatic carbocycles. The minimum absolute atomic E-state index is 0.0247. The number of hydrogen-bond acceptors (Lipinski definition) is 2. The fraction of sp³-hybridized carbons (Fsp3) is 0.591. The van der Waals surface area contributed by atoms with E-state index in [0.717, 1.165) is 25.8 Å². The zero-order chi connectivity index (χ0) is 18.6. The Morgan fingerprint density at radius 3 is 2.52 bits per heavy atom. The summed E-state index contributed by atoms with van der Waals surface area (Å²) in [6, 6.07) is 8.29. The highest BCUT2D eigenvalue weighted by atomic mass is 16.2. The Kier molecular flexibility index (Phi) is 6.45. The first-order chi connectivity index (χ1) is 11.8. The van der Waals surface area contributed by atoms with E-state index in [2.05, 4.69) is 82.1 Å². The van der Waals surface area contributed by atoms with Crippen molar-refractivity contribution in [3.05, 3.63) is 41.5 Å². The van der Waals surface area contributed by atoms with E-state index >= 15 is 0 Å². The third-order valence-corrected chi connectivity index (χ3v) is 5.09. The molecular weight excluding hydrogens is 308 g/mol. The zero-order valence-corrected chi connectivity index (χ0v) is 16.7. The van der Waals surface area contributed by atoms with Crippen LogP contribution in [0, 0.1) is 12.3 Å². The molecule has 1 saturated heterocycles. The number of aryl methyl sites for hydroxylation is 1. The first kappa shape index (κ1) is 19.7. The van der Waals surface area contributed by atoms with Crippen LogP contribution in [-0.2, 0) is 4.79 Å². The molecule has 0 bridgehead atoms. The molecule has 1 fully saturated rings. The molecule has 0 aliphatic carbocycles. The first-order valence-corrected chi connectivity index (χ1v) is 9.57. The molecule has 0 radical (unpaired) electrons. The molecule has 0 aromatic heterocycles. The molecule has 1 heterocycles. The topological polar surface area (TPSA) is 32.3 Å². The summed E-state index contributed by atoms with van der Waals surface area (Å²) in [5.74, 6) is 0.251. The molecule has 3 nitrogen and oxygen atoms in total. The molecule has 2 rings (SSSR count). The number of allylic oxidation sites excluding steroid dienone is 1. The lowest BCUT2D eigenvalue weighted by Gasteiger charge is -2.34. The lowest BCUT2D eigenvalue weighted by Crippen LogP contribution is -2.47. The lowest BCUT2D eigenvalue weighted by atomic mass is 9.91. The van der Waals surface area contributed by atoms with Crippen molar-refractivity contribution in [1.82, 2.24) is 10.2 Å². The molecule has 25 heavy (non-hydrogen) atoms. The fourth-order valence-corrected chi connectivity index (χ4v) is 3.65. The van der Waals surface area contributed by atoms with Crippen LogP contribution >= 0.6 is 0 Å². The number of benzene rings is 1. The lowest BCUT2D eigenvalue weighted by molar-refractivity contribution is -0.131. The van der Waals surface area contributed by atoms with Crippen molar-refractivity contribution in [3.8, 4) is 0 Å². The van der Waals surface area contributed by atoms with E-state index in [9.17, 15) is 4.79 Å². The molecule has 0 saturated carbocycles. The largest absolute Gasteiger partial charge is 0.325 e. The normalized spacial score (nSPS) is 21.9. The minimum atomic E-state index is -0.133. The maximum atomic E-state index is 13.1. The van der Waals surface area contributed by atoms with Crippen molar-refractivity contribution >= 4 is 11.5 Å². The summed E-state index contributed by atoms with van der Waals surface area (Å²) < 4.78 is 0. The van der Waals surface area contributed by atoms with Gasteiger partial charge in [-0.1, -0.05) is 64.5 Å². The van der Waals surface area contributed by atoms with Crippen LogP contribution in [0.2, 0.25) is 0 Å². The predicted octanol–water partition coefficient (Wildman–Crippen LogP) is 4.76. The van der Waals surface area contributed by atoms with Crippen LogP contribution in [0.3, 0.4) is 0 Å². The molecule has 1 aliphatic heterocycles. The van der Waals surface area contributed by atoms with Gasteiger partial charge in [-0.3, -0.25) is 10.1 Å². The Bertz CT molecular complexity index is 627. The molecule has 1 N–H and O–H groups in total. The van der Waals surface area contributed by atoms with Crippen molar-refractivity contribution in [3.63, 3.8) is 0 Å². The van der Waals surface area contributed by atoms with E-state index in [0.29, 0.717) is 0 Å². The van der Waals surface area contributed by atoms with Gasteiger partial charge in [0.15, 0.2) is 0 Å². The van der Waals surface area contributed by atoms with Gasteiger partial charge in [0.1, 0.15) is 0 Å². The fourth-order valence-electron chi connectivity index (χ4n) is 3.65. The summed E-state index contributed by atoms with van der Waals surface area (Å²) in [6.45, 7) is 13.8. The SMILES string of the molecule is C/C=C(/C[C@H]1NC(C(C)(C)C)N(CCCC)C1=O)c1ccccc1C. The van der Waals surface area contributed by atoms with Gasteiger partial charge in [-0.05, 0) is 48.8 Å². The van der Waals surface area contributed by atoms with Gasteiger partial charge in [0.05, 0.1) is 12.2 Å². The maximum Gasteiger partial charge on any atom is 0.241 e. The van der Waals surface area contributed by atoms with Crippen LogP contribution in [0.25, 0.3) is 5.57 Å². The number of carbonyl (C=O) groups is 1. The third kappa shape index (κ3) is 4.52. The Balaban J connectivity index is 2.21. The number of nitrogens with zero attached hydrogens (tertiary/aromatic N) is 1. The molecule has 1 unspecified atom stereocenters. The Morgan fingerprint density at radius 2 is 1.96 bits per heavy atom. The Hall–Kier alpha value is -1.61. The second kappa shape index (κ2) is 8.18. The van der Waals surface area contributed by atoms with E-state index in [1.807, 2.05) is 0 Å². The molecule has 1 amide bonds. The molecule has 3 heteroatoms. The van der Waals surface area contributed by atoms with Crippen LogP contribution in [-0.4, -0.2) is 29.6 Å². The molecule has 1 aliphatic rings. The van der Waals surface area contributed by atoms with Crippen molar-refractivity contribution < 1.29 is 4.79 Å². The smallest absolute Gasteiger partial charge is 0.241 e.